The van der Waals surface area contributed by atoms with Crippen LogP contribution in [0.15, 0.2) is 10.2 Å². The zero-order valence-corrected chi connectivity index (χ0v) is 23.9. The third kappa shape index (κ3) is 28.8. The normalized spacial score (nSPS) is 11.3. The van der Waals surface area contributed by atoms with Gasteiger partial charge in [-0.2, -0.15) is 0 Å². The molecule has 0 radical (unpaired) electrons. The van der Waals surface area contributed by atoms with Crippen molar-refractivity contribution in [1.29, 1.82) is 0 Å². The van der Waals surface area contributed by atoms with E-state index in [1.165, 1.54) is 128 Å². The fraction of sp³-hybridized carbons (Fsp3) is 0.933. The molecule has 0 aromatic heterocycles. The topological polar surface area (TPSA) is 77.3 Å². The van der Waals surface area contributed by atoms with Gasteiger partial charge >= 0.3 is 12.2 Å². The number of azo groups is 1. The molecule has 0 saturated heterocycles. The predicted molar refractivity (Wildman–Crippen MR) is 150 cm³/mol. The van der Waals surface area contributed by atoms with Crippen molar-refractivity contribution in [2.45, 2.75) is 168 Å². The van der Waals surface area contributed by atoms with E-state index in [1.54, 1.807) is 0 Å². The van der Waals surface area contributed by atoms with Crippen LogP contribution >= 0.6 is 0 Å². The summed E-state index contributed by atoms with van der Waals surface area (Å²) in [6.45, 7) is 5.15. The molecule has 6 nitrogen and oxygen atoms in total. The largest absolute Gasteiger partial charge is 0.452 e. The van der Waals surface area contributed by atoms with Gasteiger partial charge in [-0.1, -0.05) is 165 Å². The number of amides is 2. The minimum absolute atomic E-state index is 0.323. The Bertz CT molecular complexity index is 467. The molecule has 212 valence electrons. The van der Waals surface area contributed by atoms with E-state index in [0.29, 0.717) is 13.2 Å². The van der Waals surface area contributed by atoms with E-state index < -0.39 is 12.2 Å². The summed E-state index contributed by atoms with van der Waals surface area (Å²) in [5.74, 6) is 0. The van der Waals surface area contributed by atoms with Gasteiger partial charge in [0.1, 0.15) is 0 Å². The molecule has 0 N–H and O–H groups in total. The molecule has 0 aromatic carbocycles. The zero-order chi connectivity index (χ0) is 26.4. The maximum absolute atomic E-state index is 11.5. The van der Waals surface area contributed by atoms with Gasteiger partial charge in [-0.25, -0.2) is 9.59 Å². The third-order valence-electron chi connectivity index (χ3n) is 6.66. The second kappa shape index (κ2) is 29.8. The standard InChI is InChI=1S/C30H58N2O4/c1-3-5-7-9-11-13-15-17-19-21-23-25-27-35-29(33)31-32-30(34)36-28-26-24-22-20-18-16-14-12-10-8-6-4-2/h3-28H2,1-2H3/b32-31+. The van der Waals surface area contributed by atoms with Gasteiger partial charge < -0.3 is 9.47 Å². The Balaban J connectivity index is 3.37. The first-order valence-corrected chi connectivity index (χ1v) is 15.5. The molecule has 0 saturated carbocycles. The van der Waals surface area contributed by atoms with Gasteiger partial charge in [0.05, 0.1) is 13.2 Å². The predicted octanol–water partition coefficient (Wildman–Crippen LogP) is 11.1. The summed E-state index contributed by atoms with van der Waals surface area (Å²) >= 11 is 0. The number of carbonyl (C=O) groups is 2. The van der Waals surface area contributed by atoms with Gasteiger partial charge in [0.25, 0.3) is 0 Å². The maximum Gasteiger partial charge on any atom is 0.452 e. The summed E-state index contributed by atoms with van der Waals surface area (Å²) in [6, 6.07) is 0. The summed E-state index contributed by atoms with van der Waals surface area (Å²) in [4.78, 5) is 23.1. The Morgan fingerprint density at radius 2 is 0.611 bits per heavy atom. The molecule has 36 heavy (non-hydrogen) atoms. The van der Waals surface area contributed by atoms with E-state index in [0.717, 1.165) is 25.7 Å². The fourth-order valence-corrected chi connectivity index (χ4v) is 4.34. The Hall–Kier alpha value is -1.46. The first-order valence-electron chi connectivity index (χ1n) is 15.5. The lowest BCUT2D eigenvalue weighted by Gasteiger charge is -2.03. The van der Waals surface area contributed by atoms with Gasteiger partial charge in [0, 0.05) is 0 Å². The Kier molecular flexibility index (Phi) is 28.6. The van der Waals surface area contributed by atoms with Gasteiger partial charge in [0.2, 0.25) is 0 Å². The number of unbranched alkanes of at least 4 members (excludes halogenated alkanes) is 22. The third-order valence-corrected chi connectivity index (χ3v) is 6.66. The van der Waals surface area contributed by atoms with E-state index in [9.17, 15) is 9.59 Å². The van der Waals surface area contributed by atoms with E-state index in [2.05, 4.69) is 24.1 Å². The van der Waals surface area contributed by atoms with Crippen LogP contribution in [0.25, 0.3) is 0 Å². The molecule has 6 heteroatoms. The quantitative estimate of drug-likeness (QED) is 0.0856. The lowest BCUT2D eigenvalue weighted by Crippen LogP contribution is -2.03. The van der Waals surface area contributed by atoms with Crippen LogP contribution in [0.3, 0.4) is 0 Å². The number of ether oxygens (including phenoxy) is 2. The van der Waals surface area contributed by atoms with Crippen molar-refractivity contribution in [1.82, 2.24) is 0 Å². The van der Waals surface area contributed by atoms with Crippen molar-refractivity contribution >= 4 is 12.2 Å². The molecule has 0 aliphatic rings. The van der Waals surface area contributed by atoms with Crippen LogP contribution in [0.4, 0.5) is 9.59 Å². The van der Waals surface area contributed by atoms with Gasteiger partial charge in [-0.3, -0.25) is 0 Å². The van der Waals surface area contributed by atoms with Gasteiger partial charge in [-0.15, -0.1) is 0 Å². The van der Waals surface area contributed by atoms with Gasteiger partial charge in [0.15, 0.2) is 0 Å². The van der Waals surface area contributed by atoms with Crippen molar-refractivity contribution < 1.29 is 19.1 Å². The van der Waals surface area contributed by atoms with E-state index in [1.807, 2.05) is 0 Å². The molecule has 0 spiro atoms. The van der Waals surface area contributed by atoms with Crippen molar-refractivity contribution in [3.63, 3.8) is 0 Å². The fourth-order valence-electron chi connectivity index (χ4n) is 4.34. The monoisotopic (exact) mass is 510 g/mol. The molecule has 0 bridgehead atoms. The highest BCUT2D eigenvalue weighted by atomic mass is 16.6. The van der Waals surface area contributed by atoms with Crippen LogP contribution in [-0.4, -0.2) is 25.4 Å². The molecule has 0 aliphatic carbocycles. The zero-order valence-electron chi connectivity index (χ0n) is 23.9. The van der Waals surface area contributed by atoms with Gasteiger partial charge in [-0.05, 0) is 12.8 Å². The SMILES string of the molecule is CCCCCCCCCCCCCCOC(=O)/N=N/C(=O)OCCCCCCCCCCCCCC. The highest BCUT2D eigenvalue weighted by molar-refractivity contribution is 5.73. The summed E-state index contributed by atoms with van der Waals surface area (Å²) in [5.41, 5.74) is 0. The number of hydrogen-bond acceptors (Lipinski definition) is 4. The molecular weight excluding hydrogens is 452 g/mol. The number of hydrogen-bond donors (Lipinski definition) is 0. The molecule has 2 amide bonds. The highest BCUT2D eigenvalue weighted by Gasteiger charge is 2.04. The summed E-state index contributed by atoms with van der Waals surface area (Å²) in [7, 11) is 0. The Labute approximate surface area is 222 Å². The summed E-state index contributed by atoms with van der Waals surface area (Å²) in [6.07, 6.45) is 28.5. The molecule has 0 heterocycles. The molecule has 0 unspecified atom stereocenters. The van der Waals surface area contributed by atoms with Crippen molar-refractivity contribution in [3.05, 3.63) is 0 Å². The number of carbonyl (C=O) groups excluding carboxylic acids is 2. The van der Waals surface area contributed by atoms with E-state index in [4.69, 9.17) is 9.47 Å². The van der Waals surface area contributed by atoms with Crippen LogP contribution in [0.5, 0.6) is 0 Å². The second-order valence-corrected chi connectivity index (χ2v) is 10.2. The minimum atomic E-state index is -0.819. The highest BCUT2D eigenvalue weighted by Crippen LogP contribution is 2.13. The van der Waals surface area contributed by atoms with Crippen molar-refractivity contribution in [2.75, 3.05) is 13.2 Å². The van der Waals surface area contributed by atoms with Crippen LogP contribution in [-0.2, 0) is 9.47 Å². The number of rotatable bonds is 26. The molecule has 0 aromatic rings. The summed E-state index contributed by atoms with van der Waals surface area (Å²) in [5, 5.41) is 6.58. The van der Waals surface area contributed by atoms with Crippen LogP contribution in [0, 0.1) is 0 Å². The smallest absolute Gasteiger partial charge is 0.447 e. The molecule has 0 aliphatic heterocycles. The van der Waals surface area contributed by atoms with Crippen molar-refractivity contribution in [2.24, 2.45) is 10.2 Å². The molecule has 0 atom stereocenters. The number of nitrogens with zero attached hydrogens (tertiary/aromatic N) is 2. The van der Waals surface area contributed by atoms with Crippen molar-refractivity contribution in [3.8, 4) is 0 Å². The molecule has 0 fully saturated rings. The first kappa shape index (κ1) is 34.5. The van der Waals surface area contributed by atoms with E-state index >= 15 is 0 Å². The average molecular weight is 511 g/mol. The van der Waals surface area contributed by atoms with Crippen LogP contribution in [0.2, 0.25) is 0 Å². The maximum atomic E-state index is 11.5. The lowest BCUT2D eigenvalue weighted by molar-refractivity contribution is 0.143. The molecular formula is C30H58N2O4. The second-order valence-electron chi connectivity index (χ2n) is 10.2. The Morgan fingerprint density at radius 3 is 0.861 bits per heavy atom. The average Bonchev–Trinajstić information content (AvgIpc) is 2.88. The van der Waals surface area contributed by atoms with Crippen LogP contribution in [0.1, 0.15) is 168 Å². The first-order chi connectivity index (χ1) is 17.7. The molecule has 0 rings (SSSR count). The van der Waals surface area contributed by atoms with E-state index in [-0.39, 0.29) is 0 Å². The summed E-state index contributed by atoms with van der Waals surface area (Å²) < 4.78 is 10.00. The lowest BCUT2D eigenvalue weighted by atomic mass is 10.1. The van der Waals surface area contributed by atoms with Crippen LogP contribution < -0.4 is 0 Å². The minimum Gasteiger partial charge on any atom is -0.447 e. The Morgan fingerprint density at radius 1 is 0.389 bits per heavy atom.